The van der Waals surface area contributed by atoms with Crippen LogP contribution in [0.2, 0.25) is 0 Å². The highest BCUT2D eigenvalue weighted by atomic mass is 79.9. The Kier molecular flexibility index (Phi) is 4.19. The normalized spacial score (nSPS) is 10.2. The van der Waals surface area contributed by atoms with Gasteiger partial charge in [0.05, 0.1) is 23.3 Å². The van der Waals surface area contributed by atoms with Gasteiger partial charge in [-0.2, -0.15) is 4.98 Å². The van der Waals surface area contributed by atoms with Crippen molar-refractivity contribution in [1.82, 2.24) is 9.97 Å². The SMILES string of the molecule is COc1nc(Oc2ccc(C(=O)O)c(C)c2)ncc1Br. The van der Waals surface area contributed by atoms with Gasteiger partial charge >= 0.3 is 12.0 Å². The third-order valence-corrected chi connectivity index (χ3v) is 3.06. The summed E-state index contributed by atoms with van der Waals surface area (Å²) < 4.78 is 11.1. The zero-order valence-electron chi connectivity index (χ0n) is 10.8. The van der Waals surface area contributed by atoms with E-state index in [1.54, 1.807) is 19.1 Å². The molecule has 0 aliphatic carbocycles. The average Bonchev–Trinajstić information content (AvgIpc) is 2.40. The smallest absolute Gasteiger partial charge is 0.335 e. The van der Waals surface area contributed by atoms with Gasteiger partial charge in [0.15, 0.2) is 0 Å². The van der Waals surface area contributed by atoms with Crippen LogP contribution < -0.4 is 9.47 Å². The molecule has 0 fully saturated rings. The molecule has 0 amide bonds. The summed E-state index contributed by atoms with van der Waals surface area (Å²) in [5, 5.41) is 8.96. The molecule has 20 heavy (non-hydrogen) atoms. The van der Waals surface area contributed by atoms with Crippen LogP contribution in [0.3, 0.4) is 0 Å². The van der Waals surface area contributed by atoms with Gasteiger partial charge in [0, 0.05) is 0 Å². The molecule has 0 aliphatic rings. The highest BCUT2D eigenvalue weighted by Crippen LogP contribution is 2.26. The van der Waals surface area contributed by atoms with E-state index >= 15 is 0 Å². The van der Waals surface area contributed by atoms with E-state index in [1.165, 1.54) is 19.4 Å². The highest BCUT2D eigenvalue weighted by molar-refractivity contribution is 9.10. The molecular weight excluding hydrogens is 328 g/mol. The molecule has 0 spiro atoms. The Balaban J connectivity index is 2.26. The molecule has 2 rings (SSSR count). The number of hydrogen-bond acceptors (Lipinski definition) is 5. The number of rotatable bonds is 4. The molecule has 1 heterocycles. The maximum Gasteiger partial charge on any atom is 0.335 e. The average molecular weight is 339 g/mol. The summed E-state index contributed by atoms with van der Waals surface area (Å²) in [7, 11) is 1.49. The maximum absolute atomic E-state index is 10.9. The second-order valence-corrected chi connectivity index (χ2v) is 4.75. The maximum atomic E-state index is 10.9. The second-order valence-electron chi connectivity index (χ2n) is 3.89. The van der Waals surface area contributed by atoms with Crippen molar-refractivity contribution in [2.75, 3.05) is 7.11 Å². The first-order chi connectivity index (χ1) is 9.51. The van der Waals surface area contributed by atoms with E-state index in [9.17, 15) is 4.79 Å². The Labute approximate surface area is 123 Å². The first-order valence-corrected chi connectivity index (χ1v) is 6.39. The standard InChI is InChI=1S/C13H11BrN2O4/c1-7-5-8(3-4-9(7)12(17)18)20-13-15-6-10(14)11(16-13)19-2/h3-6H,1-2H3,(H,17,18). The lowest BCUT2D eigenvalue weighted by molar-refractivity contribution is 0.0696. The summed E-state index contributed by atoms with van der Waals surface area (Å²) >= 11 is 3.24. The van der Waals surface area contributed by atoms with E-state index in [2.05, 4.69) is 25.9 Å². The molecule has 1 N–H and O–H groups in total. The molecule has 0 aliphatic heterocycles. The number of aromatic nitrogens is 2. The first-order valence-electron chi connectivity index (χ1n) is 5.59. The van der Waals surface area contributed by atoms with Crippen LogP contribution in [0.5, 0.6) is 17.6 Å². The molecule has 0 atom stereocenters. The number of nitrogens with zero attached hydrogens (tertiary/aromatic N) is 2. The zero-order chi connectivity index (χ0) is 14.7. The van der Waals surface area contributed by atoms with Crippen molar-refractivity contribution in [2.45, 2.75) is 6.92 Å². The number of carboxylic acids is 1. The number of benzene rings is 1. The van der Waals surface area contributed by atoms with Crippen molar-refractivity contribution in [3.05, 3.63) is 40.0 Å². The molecule has 0 radical (unpaired) electrons. The number of methoxy groups -OCH3 is 1. The lowest BCUT2D eigenvalue weighted by Gasteiger charge is -2.08. The Bertz CT molecular complexity index is 661. The predicted octanol–water partition coefficient (Wildman–Crippen LogP) is 3.05. The number of aryl methyl sites for hydroxylation is 1. The van der Waals surface area contributed by atoms with Crippen LogP contribution in [0.1, 0.15) is 15.9 Å². The van der Waals surface area contributed by atoms with Crippen LogP contribution in [0.4, 0.5) is 0 Å². The minimum absolute atomic E-state index is 0.118. The van der Waals surface area contributed by atoms with Gasteiger partial charge < -0.3 is 14.6 Å². The van der Waals surface area contributed by atoms with E-state index in [-0.39, 0.29) is 11.6 Å². The van der Waals surface area contributed by atoms with Gasteiger partial charge in [-0.25, -0.2) is 9.78 Å². The van der Waals surface area contributed by atoms with E-state index in [0.717, 1.165) is 0 Å². The first kappa shape index (κ1) is 14.3. The molecule has 6 nitrogen and oxygen atoms in total. The second kappa shape index (κ2) is 5.87. The molecule has 0 bridgehead atoms. The Morgan fingerprint density at radius 1 is 1.40 bits per heavy atom. The Morgan fingerprint density at radius 3 is 2.75 bits per heavy atom. The number of ether oxygens (including phenoxy) is 2. The van der Waals surface area contributed by atoms with Crippen molar-refractivity contribution in [1.29, 1.82) is 0 Å². The molecule has 2 aromatic rings. The molecule has 0 saturated carbocycles. The molecule has 104 valence electrons. The molecule has 1 aromatic carbocycles. The lowest BCUT2D eigenvalue weighted by Crippen LogP contribution is -2.00. The Morgan fingerprint density at radius 2 is 2.15 bits per heavy atom. The lowest BCUT2D eigenvalue weighted by atomic mass is 10.1. The Hall–Kier alpha value is -2.15. The molecule has 1 aromatic heterocycles. The van der Waals surface area contributed by atoms with Crippen LogP contribution in [-0.4, -0.2) is 28.2 Å². The predicted molar refractivity (Wildman–Crippen MR) is 74.5 cm³/mol. The largest absolute Gasteiger partial charge is 0.480 e. The summed E-state index contributed by atoms with van der Waals surface area (Å²) in [6.45, 7) is 1.69. The van der Waals surface area contributed by atoms with Crippen LogP contribution in [-0.2, 0) is 0 Å². The number of carbonyl (C=O) groups is 1. The van der Waals surface area contributed by atoms with E-state index < -0.39 is 5.97 Å². The highest BCUT2D eigenvalue weighted by Gasteiger charge is 2.10. The van der Waals surface area contributed by atoms with E-state index in [4.69, 9.17) is 14.6 Å². The third kappa shape index (κ3) is 3.05. The quantitative estimate of drug-likeness (QED) is 0.922. The van der Waals surface area contributed by atoms with Crippen molar-refractivity contribution in [3.63, 3.8) is 0 Å². The van der Waals surface area contributed by atoms with Crippen LogP contribution in [0, 0.1) is 6.92 Å². The number of aromatic carboxylic acids is 1. The minimum Gasteiger partial charge on any atom is -0.480 e. The van der Waals surface area contributed by atoms with Gasteiger partial charge in [-0.1, -0.05) is 0 Å². The third-order valence-electron chi connectivity index (χ3n) is 2.52. The van der Waals surface area contributed by atoms with Crippen LogP contribution >= 0.6 is 15.9 Å². The van der Waals surface area contributed by atoms with Crippen molar-refractivity contribution >= 4 is 21.9 Å². The van der Waals surface area contributed by atoms with Crippen molar-refractivity contribution in [2.24, 2.45) is 0 Å². The molecule has 0 saturated heterocycles. The van der Waals surface area contributed by atoms with Crippen molar-refractivity contribution < 1.29 is 19.4 Å². The van der Waals surface area contributed by atoms with Gasteiger partial charge in [-0.15, -0.1) is 0 Å². The van der Waals surface area contributed by atoms with Gasteiger partial charge in [-0.05, 0) is 46.6 Å². The van der Waals surface area contributed by atoms with Crippen molar-refractivity contribution in [3.8, 4) is 17.6 Å². The van der Waals surface area contributed by atoms with Gasteiger partial charge in [0.2, 0.25) is 5.88 Å². The fourth-order valence-corrected chi connectivity index (χ4v) is 1.93. The molecular formula is C13H11BrN2O4. The summed E-state index contributed by atoms with van der Waals surface area (Å²) in [4.78, 5) is 19.0. The summed E-state index contributed by atoms with van der Waals surface area (Å²) in [6.07, 6.45) is 1.51. The fraction of sp³-hybridized carbons (Fsp3) is 0.154. The topological polar surface area (TPSA) is 81.5 Å². The monoisotopic (exact) mass is 338 g/mol. The number of halogens is 1. The molecule has 0 unspecified atom stereocenters. The summed E-state index contributed by atoms with van der Waals surface area (Å²) in [5.41, 5.74) is 0.825. The zero-order valence-corrected chi connectivity index (χ0v) is 12.3. The van der Waals surface area contributed by atoms with Gasteiger partial charge in [0.1, 0.15) is 5.75 Å². The summed E-state index contributed by atoms with van der Waals surface area (Å²) in [6, 6.07) is 4.76. The van der Waals surface area contributed by atoms with E-state index in [0.29, 0.717) is 21.7 Å². The van der Waals surface area contributed by atoms with E-state index in [1.807, 2.05) is 0 Å². The van der Waals surface area contributed by atoms with Gasteiger partial charge in [0.25, 0.3) is 0 Å². The number of carboxylic acid groups (broad SMARTS) is 1. The molecule has 7 heteroatoms. The van der Waals surface area contributed by atoms with Gasteiger partial charge in [-0.3, -0.25) is 0 Å². The van der Waals surface area contributed by atoms with Crippen LogP contribution in [0.15, 0.2) is 28.9 Å². The van der Waals surface area contributed by atoms with Crippen LogP contribution in [0.25, 0.3) is 0 Å². The minimum atomic E-state index is -0.976. The number of hydrogen-bond donors (Lipinski definition) is 1. The summed E-state index contributed by atoms with van der Waals surface area (Å²) in [5.74, 6) is -0.165. The fourth-order valence-electron chi connectivity index (χ4n) is 1.57.